The number of halogens is 1. The van der Waals surface area contributed by atoms with E-state index in [-0.39, 0.29) is 5.82 Å². The van der Waals surface area contributed by atoms with E-state index in [1.807, 2.05) is 6.07 Å². The number of hydrogen-bond donors (Lipinski definition) is 0. The van der Waals surface area contributed by atoms with Gasteiger partial charge in [-0.25, -0.2) is 4.39 Å². The summed E-state index contributed by atoms with van der Waals surface area (Å²) in [7, 11) is 0. The molecule has 0 aliphatic carbocycles. The largest absolute Gasteiger partial charge is 0.369 e. The Kier molecular flexibility index (Phi) is 1.98. The van der Waals surface area contributed by atoms with Gasteiger partial charge < -0.3 is 4.90 Å². The van der Waals surface area contributed by atoms with Gasteiger partial charge >= 0.3 is 0 Å². The molecule has 1 aromatic carbocycles. The zero-order chi connectivity index (χ0) is 9.42. The Morgan fingerprint density at radius 1 is 1.54 bits per heavy atom. The lowest BCUT2D eigenvalue weighted by Gasteiger charge is -2.22. The summed E-state index contributed by atoms with van der Waals surface area (Å²) in [6, 6.07) is 5.60. The van der Waals surface area contributed by atoms with Gasteiger partial charge in [0.25, 0.3) is 0 Å². The standard InChI is InChI=1S/C11H14FN/c1-3-13-8(2)6-9-7-10(12)4-5-11(9)13/h4-5,7-8H,3,6H2,1-2H3. The molecule has 0 aromatic heterocycles. The van der Waals surface area contributed by atoms with Crippen LogP contribution in [0.2, 0.25) is 0 Å². The zero-order valence-corrected chi connectivity index (χ0v) is 8.05. The number of anilines is 1. The van der Waals surface area contributed by atoms with Gasteiger partial charge in [0.05, 0.1) is 0 Å². The summed E-state index contributed by atoms with van der Waals surface area (Å²) in [4.78, 5) is 2.31. The molecule has 0 fully saturated rings. The third-order valence-corrected chi connectivity index (χ3v) is 2.74. The molecule has 2 heteroatoms. The molecule has 70 valence electrons. The fourth-order valence-corrected chi connectivity index (χ4v) is 2.15. The molecule has 1 aromatic rings. The molecule has 1 atom stereocenters. The highest BCUT2D eigenvalue weighted by Gasteiger charge is 2.24. The summed E-state index contributed by atoms with van der Waals surface area (Å²) in [5, 5.41) is 0. The molecule has 1 aliphatic rings. The van der Waals surface area contributed by atoms with Crippen LogP contribution in [0.25, 0.3) is 0 Å². The van der Waals surface area contributed by atoms with E-state index in [0.29, 0.717) is 6.04 Å². The highest BCUT2D eigenvalue weighted by Crippen LogP contribution is 2.31. The van der Waals surface area contributed by atoms with Gasteiger partial charge in [-0.15, -0.1) is 0 Å². The molecule has 1 unspecified atom stereocenters. The molecule has 1 heterocycles. The summed E-state index contributed by atoms with van der Waals surface area (Å²) in [5.74, 6) is -0.121. The first-order chi connectivity index (χ1) is 6.22. The average Bonchev–Trinajstić information content (AvgIpc) is 2.39. The summed E-state index contributed by atoms with van der Waals surface area (Å²) >= 11 is 0. The van der Waals surface area contributed by atoms with Crippen LogP contribution in [0.1, 0.15) is 19.4 Å². The molecule has 13 heavy (non-hydrogen) atoms. The van der Waals surface area contributed by atoms with Gasteiger partial charge in [-0.3, -0.25) is 0 Å². The highest BCUT2D eigenvalue weighted by molar-refractivity contribution is 5.59. The third-order valence-electron chi connectivity index (χ3n) is 2.74. The molecule has 0 saturated carbocycles. The van der Waals surface area contributed by atoms with Crippen molar-refractivity contribution in [3.05, 3.63) is 29.6 Å². The second-order valence-electron chi connectivity index (χ2n) is 3.61. The molecule has 0 spiro atoms. The van der Waals surface area contributed by atoms with Gasteiger partial charge in [0, 0.05) is 18.3 Å². The van der Waals surface area contributed by atoms with E-state index < -0.39 is 0 Å². The van der Waals surface area contributed by atoms with Crippen molar-refractivity contribution in [1.29, 1.82) is 0 Å². The van der Waals surface area contributed by atoms with Gasteiger partial charge in [0.15, 0.2) is 0 Å². The molecule has 2 rings (SSSR count). The average molecular weight is 179 g/mol. The van der Waals surface area contributed by atoms with Crippen LogP contribution < -0.4 is 4.90 Å². The lowest BCUT2D eigenvalue weighted by molar-refractivity contribution is 0.626. The Balaban J connectivity index is 2.42. The Hall–Kier alpha value is -1.05. The van der Waals surface area contributed by atoms with Crippen molar-refractivity contribution >= 4 is 5.69 Å². The second kappa shape index (κ2) is 3.02. The number of benzene rings is 1. The molecule has 1 aliphatic heterocycles. The number of hydrogen-bond acceptors (Lipinski definition) is 1. The molecule has 1 nitrogen and oxygen atoms in total. The Morgan fingerprint density at radius 2 is 2.31 bits per heavy atom. The number of rotatable bonds is 1. The first kappa shape index (κ1) is 8.54. The predicted octanol–water partition coefficient (Wildman–Crippen LogP) is 2.60. The summed E-state index contributed by atoms with van der Waals surface area (Å²) in [5.41, 5.74) is 2.35. The Bertz CT molecular complexity index is 322. The SMILES string of the molecule is CCN1c2ccc(F)cc2CC1C. The Morgan fingerprint density at radius 3 is 3.00 bits per heavy atom. The van der Waals surface area contributed by atoms with E-state index in [9.17, 15) is 4.39 Å². The monoisotopic (exact) mass is 179 g/mol. The van der Waals surface area contributed by atoms with E-state index in [4.69, 9.17) is 0 Å². The quantitative estimate of drug-likeness (QED) is 0.640. The molecular weight excluding hydrogens is 165 g/mol. The fraction of sp³-hybridized carbons (Fsp3) is 0.455. The summed E-state index contributed by atoms with van der Waals surface area (Å²) in [6.07, 6.45) is 0.973. The third kappa shape index (κ3) is 1.30. The van der Waals surface area contributed by atoms with Crippen LogP contribution in [0.5, 0.6) is 0 Å². The smallest absolute Gasteiger partial charge is 0.123 e. The van der Waals surface area contributed by atoms with Crippen LogP contribution in [0.3, 0.4) is 0 Å². The van der Waals surface area contributed by atoms with Crippen LogP contribution in [0, 0.1) is 5.82 Å². The van der Waals surface area contributed by atoms with Crippen molar-refractivity contribution in [2.24, 2.45) is 0 Å². The zero-order valence-electron chi connectivity index (χ0n) is 8.05. The highest BCUT2D eigenvalue weighted by atomic mass is 19.1. The van der Waals surface area contributed by atoms with Crippen LogP contribution in [0.15, 0.2) is 18.2 Å². The number of likely N-dealkylation sites (N-methyl/N-ethyl adjacent to an activating group) is 1. The van der Waals surface area contributed by atoms with Gasteiger partial charge in [0.2, 0.25) is 0 Å². The molecule has 0 radical (unpaired) electrons. The topological polar surface area (TPSA) is 3.24 Å². The molecule has 0 bridgehead atoms. The van der Waals surface area contributed by atoms with Crippen molar-refractivity contribution in [2.75, 3.05) is 11.4 Å². The van der Waals surface area contributed by atoms with Crippen molar-refractivity contribution in [2.45, 2.75) is 26.3 Å². The number of fused-ring (bicyclic) bond motifs is 1. The minimum atomic E-state index is -0.121. The van der Waals surface area contributed by atoms with Gasteiger partial charge in [0.1, 0.15) is 5.82 Å². The van der Waals surface area contributed by atoms with E-state index in [1.54, 1.807) is 12.1 Å². The van der Waals surface area contributed by atoms with Gasteiger partial charge in [-0.2, -0.15) is 0 Å². The fourth-order valence-electron chi connectivity index (χ4n) is 2.15. The maximum atomic E-state index is 12.9. The van der Waals surface area contributed by atoms with Crippen LogP contribution >= 0.6 is 0 Å². The predicted molar refractivity (Wildman–Crippen MR) is 52.6 cm³/mol. The molecule has 0 N–H and O–H groups in total. The lowest BCUT2D eigenvalue weighted by Crippen LogP contribution is -2.28. The molecular formula is C11H14FN. The maximum absolute atomic E-state index is 12.9. The van der Waals surface area contributed by atoms with Crippen molar-refractivity contribution < 1.29 is 4.39 Å². The van der Waals surface area contributed by atoms with Gasteiger partial charge in [-0.05, 0) is 44.0 Å². The second-order valence-corrected chi connectivity index (χ2v) is 3.61. The van der Waals surface area contributed by atoms with Crippen LogP contribution in [0.4, 0.5) is 10.1 Å². The van der Waals surface area contributed by atoms with Crippen molar-refractivity contribution in [3.63, 3.8) is 0 Å². The normalized spacial score (nSPS) is 20.5. The van der Waals surface area contributed by atoms with Gasteiger partial charge in [-0.1, -0.05) is 0 Å². The lowest BCUT2D eigenvalue weighted by atomic mass is 10.1. The first-order valence-corrected chi connectivity index (χ1v) is 4.77. The first-order valence-electron chi connectivity index (χ1n) is 4.77. The molecule has 0 saturated heterocycles. The summed E-state index contributed by atoms with van der Waals surface area (Å²) in [6.45, 7) is 5.32. The van der Waals surface area contributed by atoms with E-state index in [0.717, 1.165) is 18.5 Å². The van der Waals surface area contributed by atoms with Crippen LogP contribution in [-0.2, 0) is 6.42 Å². The van der Waals surface area contributed by atoms with E-state index in [1.165, 1.54) is 5.69 Å². The summed E-state index contributed by atoms with van der Waals surface area (Å²) < 4.78 is 12.9. The Labute approximate surface area is 78.2 Å². The van der Waals surface area contributed by atoms with Crippen LogP contribution in [-0.4, -0.2) is 12.6 Å². The van der Waals surface area contributed by atoms with Crippen molar-refractivity contribution in [3.8, 4) is 0 Å². The van der Waals surface area contributed by atoms with Crippen molar-refractivity contribution in [1.82, 2.24) is 0 Å². The maximum Gasteiger partial charge on any atom is 0.123 e. The minimum absolute atomic E-state index is 0.121. The molecule has 0 amide bonds. The number of nitrogens with zero attached hydrogens (tertiary/aromatic N) is 1. The minimum Gasteiger partial charge on any atom is -0.369 e. The van der Waals surface area contributed by atoms with E-state index >= 15 is 0 Å². The van der Waals surface area contributed by atoms with E-state index in [2.05, 4.69) is 18.7 Å².